The van der Waals surface area contributed by atoms with E-state index in [0.717, 1.165) is 0 Å². The molecular formula is C11H21N3O3. The molecule has 0 aromatic heterocycles. The molecule has 0 saturated heterocycles. The molecule has 17 heavy (non-hydrogen) atoms. The predicted octanol–water partition coefficient (Wildman–Crippen LogP) is -0.701. The summed E-state index contributed by atoms with van der Waals surface area (Å²) in [4.78, 5) is 15.1. The van der Waals surface area contributed by atoms with Gasteiger partial charge in [-0.1, -0.05) is 0 Å². The fourth-order valence-corrected chi connectivity index (χ4v) is 1.29. The number of carbonyl (C=O) groups excluding carboxylic acids is 1. The highest BCUT2D eigenvalue weighted by molar-refractivity contribution is 5.77. The second-order valence-electron chi connectivity index (χ2n) is 3.72. The standard InChI is InChI=1S/C11H21N3O3/c1-13(5-3-4-12)11(16)10-14(6-8-15)7-9-17-2/h15H,3,5-10H2,1-2H3. The van der Waals surface area contributed by atoms with Gasteiger partial charge in [0.2, 0.25) is 5.91 Å². The molecule has 0 radical (unpaired) electrons. The third-order valence-corrected chi connectivity index (χ3v) is 2.37. The van der Waals surface area contributed by atoms with Crippen molar-refractivity contribution in [3.8, 4) is 6.07 Å². The van der Waals surface area contributed by atoms with Crippen molar-refractivity contribution in [1.29, 1.82) is 5.26 Å². The van der Waals surface area contributed by atoms with Gasteiger partial charge in [0.15, 0.2) is 0 Å². The van der Waals surface area contributed by atoms with Crippen LogP contribution in [0.15, 0.2) is 0 Å². The summed E-state index contributed by atoms with van der Waals surface area (Å²) in [5.74, 6) is -0.0511. The third kappa shape index (κ3) is 7.69. The van der Waals surface area contributed by atoms with Gasteiger partial charge in [0.1, 0.15) is 0 Å². The van der Waals surface area contributed by atoms with Crippen LogP contribution in [0.5, 0.6) is 0 Å². The molecular weight excluding hydrogens is 222 g/mol. The minimum atomic E-state index is -0.0511. The number of nitriles is 1. The Morgan fingerprint density at radius 2 is 2.12 bits per heavy atom. The highest BCUT2D eigenvalue weighted by Gasteiger charge is 2.13. The molecule has 0 aromatic carbocycles. The van der Waals surface area contributed by atoms with Crippen LogP contribution in [0.3, 0.4) is 0 Å². The molecule has 0 aromatic rings. The van der Waals surface area contributed by atoms with Gasteiger partial charge >= 0.3 is 0 Å². The van der Waals surface area contributed by atoms with Crippen LogP contribution in [0.25, 0.3) is 0 Å². The Morgan fingerprint density at radius 1 is 1.41 bits per heavy atom. The van der Waals surface area contributed by atoms with E-state index in [9.17, 15) is 4.79 Å². The van der Waals surface area contributed by atoms with Crippen LogP contribution < -0.4 is 0 Å². The van der Waals surface area contributed by atoms with Crippen LogP contribution in [0.2, 0.25) is 0 Å². The molecule has 0 aliphatic heterocycles. The lowest BCUT2D eigenvalue weighted by molar-refractivity contribution is -0.131. The van der Waals surface area contributed by atoms with Crippen LogP contribution in [0.1, 0.15) is 6.42 Å². The number of hydrogen-bond acceptors (Lipinski definition) is 5. The summed E-state index contributed by atoms with van der Waals surface area (Å²) in [6, 6.07) is 2.00. The topological polar surface area (TPSA) is 76.8 Å². The summed E-state index contributed by atoms with van der Waals surface area (Å²) < 4.78 is 4.93. The Morgan fingerprint density at radius 3 is 2.65 bits per heavy atom. The van der Waals surface area contributed by atoms with Crippen molar-refractivity contribution in [2.75, 3.05) is 53.6 Å². The molecule has 0 unspecified atom stereocenters. The highest BCUT2D eigenvalue weighted by atomic mass is 16.5. The molecule has 0 rings (SSSR count). The summed E-state index contributed by atoms with van der Waals surface area (Å²) in [7, 11) is 3.27. The van der Waals surface area contributed by atoms with E-state index < -0.39 is 0 Å². The molecule has 0 heterocycles. The quantitative estimate of drug-likeness (QED) is 0.579. The third-order valence-electron chi connectivity index (χ3n) is 2.37. The molecule has 1 amide bonds. The second-order valence-corrected chi connectivity index (χ2v) is 3.72. The molecule has 0 spiro atoms. The minimum absolute atomic E-state index is 0.0128. The number of nitrogens with zero attached hydrogens (tertiary/aromatic N) is 3. The van der Waals surface area contributed by atoms with Crippen molar-refractivity contribution >= 4 is 5.91 Å². The number of methoxy groups -OCH3 is 1. The van der Waals surface area contributed by atoms with Gasteiger partial charge in [0, 0.05) is 33.8 Å². The molecule has 0 aliphatic rings. The maximum absolute atomic E-state index is 11.7. The van der Waals surface area contributed by atoms with Crippen LogP contribution >= 0.6 is 0 Å². The Hall–Kier alpha value is -1.16. The van der Waals surface area contributed by atoms with Gasteiger partial charge in [-0.2, -0.15) is 5.26 Å². The number of likely N-dealkylation sites (N-methyl/N-ethyl adjacent to an activating group) is 1. The Labute approximate surface area is 102 Å². The smallest absolute Gasteiger partial charge is 0.236 e. The van der Waals surface area contributed by atoms with Crippen LogP contribution in [-0.2, 0) is 9.53 Å². The lowest BCUT2D eigenvalue weighted by atomic mass is 10.3. The highest BCUT2D eigenvalue weighted by Crippen LogP contribution is 1.94. The Bertz CT molecular complexity index is 253. The van der Waals surface area contributed by atoms with Crippen molar-refractivity contribution in [3.63, 3.8) is 0 Å². The fraction of sp³-hybridized carbons (Fsp3) is 0.818. The first kappa shape index (κ1) is 15.8. The number of ether oxygens (including phenoxy) is 1. The van der Waals surface area contributed by atoms with Crippen molar-refractivity contribution in [2.45, 2.75) is 6.42 Å². The maximum Gasteiger partial charge on any atom is 0.236 e. The van der Waals surface area contributed by atoms with Gasteiger partial charge in [-0.3, -0.25) is 9.69 Å². The Balaban J connectivity index is 4.05. The first-order valence-electron chi connectivity index (χ1n) is 5.58. The average molecular weight is 243 g/mol. The molecule has 0 aliphatic carbocycles. The number of aliphatic hydroxyl groups is 1. The molecule has 0 bridgehead atoms. The van der Waals surface area contributed by atoms with Crippen LogP contribution in [0.4, 0.5) is 0 Å². The first-order valence-corrected chi connectivity index (χ1v) is 5.58. The van der Waals surface area contributed by atoms with Crippen molar-refractivity contribution in [1.82, 2.24) is 9.80 Å². The van der Waals surface area contributed by atoms with Gasteiger partial charge < -0.3 is 14.7 Å². The number of carbonyl (C=O) groups is 1. The number of rotatable bonds is 9. The number of amides is 1. The van der Waals surface area contributed by atoms with E-state index in [0.29, 0.717) is 32.7 Å². The number of aliphatic hydroxyl groups excluding tert-OH is 1. The van der Waals surface area contributed by atoms with E-state index in [2.05, 4.69) is 0 Å². The zero-order valence-electron chi connectivity index (χ0n) is 10.6. The predicted molar refractivity (Wildman–Crippen MR) is 63.3 cm³/mol. The van der Waals surface area contributed by atoms with Gasteiger partial charge in [-0.25, -0.2) is 0 Å². The minimum Gasteiger partial charge on any atom is -0.395 e. The van der Waals surface area contributed by atoms with E-state index in [1.807, 2.05) is 11.0 Å². The summed E-state index contributed by atoms with van der Waals surface area (Å²) in [5.41, 5.74) is 0. The largest absolute Gasteiger partial charge is 0.395 e. The van der Waals surface area contributed by atoms with E-state index in [-0.39, 0.29) is 19.1 Å². The zero-order valence-corrected chi connectivity index (χ0v) is 10.6. The summed E-state index contributed by atoms with van der Waals surface area (Å²) in [6.45, 7) is 2.27. The van der Waals surface area contributed by atoms with Crippen molar-refractivity contribution in [2.24, 2.45) is 0 Å². The molecule has 0 saturated carbocycles. The molecule has 1 N–H and O–H groups in total. The SMILES string of the molecule is COCCN(CCO)CC(=O)N(C)CCC#N. The van der Waals surface area contributed by atoms with E-state index in [4.69, 9.17) is 15.1 Å². The monoisotopic (exact) mass is 243 g/mol. The summed E-state index contributed by atoms with van der Waals surface area (Å²) in [6.07, 6.45) is 0.334. The van der Waals surface area contributed by atoms with Gasteiger partial charge in [0.05, 0.1) is 32.2 Å². The number of hydrogen-bond donors (Lipinski definition) is 1. The van der Waals surface area contributed by atoms with Gasteiger partial charge in [-0.15, -0.1) is 0 Å². The second kappa shape index (κ2) is 10.0. The molecule has 98 valence electrons. The maximum atomic E-state index is 11.7. The van der Waals surface area contributed by atoms with Crippen molar-refractivity contribution < 1.29 is 14.6 Å². The summed E-state index contributed by atoms with van der Waals surface area (Å²) >= 11 is 0. The summed E-state index contributed by atoms with van der Waals surface area (Å²) in [5, 5.41) is 17.3. The molecule has 0 atom stereocenters. The van der Waals surface area contributed by atoms with Crippen LogP contribution in [0, 0.1) is 11.3 Å². The van der Waals surface area contributed by atoms with E-state index in [1.54, 1.807) is 14.2 Å². The van der Waals surface area contributed by atoms with E-state index in [1.165, 1.54) is 4.90 Å². The Kier molecular flexibility index (Phi) is 9.34. The molecule has 6 nitrogen and oxygen atoms in total. The van der Waals surface area contributed by atoms with E-state index >= 15 is 0 Å². The normalized spacial score (nSPS) is 10.3. The fourth-order valence-electron chi connectivity index (χ4n) is 1.29. The lowest BCUT2D eigenvalue weighted by Gasteiger charge is -2.23. The average Bonchev–Trinajstić information content (AvgIpc) is 2.33. The van der Waals surface area contributed by atoms with Crippen LogP contribution in [-0.4, -0.2) is 74.4 Å². The van der Waals surface area contributed by atoms with Gasteiger partial charge in [-0.05, 0) is 0 Å². The van der Waals surface area contributed by atoms with Crippen molar-refractivity contribution in [3.05, 3.63) is 0 Å². The lowest BCUT2D eigenvalue weighted by Crippen LogP contribution is -2.41. The molecule has 6 heteroatoms. The molecule has 0 fully saturated rings. The van der Waals surface area contributed by atoms with Gasteiger partial charge in [0.25, 0.3) is 0 Å². The first-order chi connectivity index (χ1) is 8.15. The zero-order chi connectivity index (χ0) is 13.1.